The van der Waals surface area contributed by atoms with E-state index < -0.39 is 0 Å². The number of unbranched alkanes of at least 4 members (excludes halogenated alkanes) is 5. The topological polar surface area (TPSA) is 52.3 Å². The monoisotopic (exact) mass is 251 g/mol. The molecule has 0 aromatic heterocycles. The molecule has 0 amide bonds. The zero-order valence-corrected chi connectivity index (χ0v) is 11.4. The minimum atomic E-state index is -0.258. The Kier molecular flexibility index (Phi) is 14.5. The average Bonchev–Trinajstić information content (AvgIpc) is 2.27. The maximum atomic E-state index is 11.2. The van der Waals surface area contributed by atoms with Crippen LogP contribution in [0.2, 0.25) is 0 Å². The maximum Gasteiger partial charge on any atom is 0.327 e. The second kappa shape index (κ2) is 12.8. The van der Waals surface area contributed by atoms with Crippen molar-refractivity contribution in [2.75, 3.05) is 0 Å². The van der Waals surface area contributed by atoms with E-state index >= 15 is 0 Å². The highest BCUT2D eigenvalue weighted by atomic mass is 35.5. The molecule has 0 saturated carbocycles. The molecular formula is C12H26ClNO2. The van der Waals surface area contributed by atoms with Crippen LogP contribution in [0.4, 0.5) is 0 Å². The summed E-state index contributed by atoms with van der Waals surface area (Å²) < 4.78 is 0. The van der Waals surface area contributed by atoms with Crippen LogP contribution in [0.5, 0.6) is 0 Å². The molecule has 0 aromatic rings. The molecule has 0 fully saturated rings. The highest BCUT2D eigenvalue weighted by Gasteiger charge is 2.16. The van der Waals surface area contributed by atoms with Crippen LogP contribution in [0.3, 0.4) is 0 Å². The molecule has 0 rings (SSSR count). The van der Waals surface area contributed by atoms with E-state index in [4.69, 9.17) is 5.90 Å². The molecule has 0 aliphatic carbocycles. The SMILES string of the molecule is CCCCCCCCC(CC)C(=O)ON.Cl. The van der Waals surface area contributed by atoms with Crippen LogP contribution >= 0.6 is 12.4 Å². The average molecular weight is 252 g/mol. The molecule has 0 aliphatic heterocycles. The van der Waals surface area contributed by atoms with Crippen LogP contribution in [-0.4, -0.2) is 5.97 Å². The highest BCUT2D eigenvalue weighted by Crippen LogP contribution is 2.15. The summed E-state index contributed by atoms with van der Waals surface area (Å²) in [6, 6.07) is 0. The van der Waals surface area contributed by atoms with Gasteiger partial charge in [-0.2, -0.15) is 5.90 Å². The Bertz CT molecular complexity index is 165. The lowest BCUT2D eigenvalue weighted by atomic mass is 9.98. The second-order valence-electron chi connectivity index (χ2n) is 4.10. The van der Waals surface area contributed by atoms with Crippen molar-refractivity contribution in [2.45, 2.75) is 65.2 Å². The highest BCUT2D eigenvalue weighted by molar-refractivity contribution is 5.85. The second-order valence-corrected chi connectivity index (χ2v) is 4.10. The molecule has 0 saturated heterocycles. The quantitative estimate of drug-likeness (QED) is 0.503. The number of hydrogen-bond acceptors (Lipinski definition) is 3. The van der Waals surface area contributed by atoms with Crippen molar-refractivity contribution in [3.8, 4) is 0 Å². The summed E-state index contributed by atoms with van der Waals surface area (Å²) >= 11 is 0. The van der Waals surface area contributed by atoms with Crippen LogP contribution in [0.1, 0.15) is 65.2 Å². The van der Waals surface area contributed by atoms with Gasteiger partial charge in [0.25, 0.3) is 0 Å². The number of hydrogen-bond donors (Lipinski definition) is 1. The van der Waals surface area contributed by atoms with Gasteiger partial charge in [0, 0.05) is 0 Å². The molecule has 2 N–H and O–H groups in total. The molecule has 0 bridgehead atoms. The lowest BCUT2D eigenvalue weighted by Gasteiger charge is -2.10. The first-order chi connectivity index (χ1) is 7.26. The van der Waals surface area contributed by atoms with E-state index in [0.29, 0.717) is 0 Å². The number of carbonyl (C=O) groups excluding carboxylic acids is 1. The summed E-state index contributed by atoms with van der Waals surface area (Å²) in [5.41, 5.74) is 0. The zero-order chi connectivity index (χ0) is 11.5. The van der Waals surface area contributed by atoms with E-state index in [1.807, 2.05) is 6.92 Å². The first-order valence-electron chi connectivity index (χ1n) is 6.16. The fourth-order valence-electron chi connectivity index (χ4n) is 1.76. The van der Waals surface area contributed by atoms with E-state index in [-0.39, 0.29) is 24.3 Å². The zero-order valence-electron chi connectivity index (χ0n) is 10.5. The van der Waals surface area contributed by atoms with Crippen molar-refractivity contribution in [3.63, 3.8) is 0 Å². The normalized spacial score (nSPS) is 11.7. The summed E-state index contributed by atoms with van der Waals surface area (Å²) in [5.74, 6) is 4.61. The third-order valence-corrected chi connectivity index (χ3v) is 2.85. The van der Waals surface area contributed by atoms with Crippen LogP contribution in [-0.2, 0) is 9.63 Å². The molecule has 3 nitrogen and oxygen atoms in total. The van der Waals surface area contributed by atoms with Gasteiger partial charge in [-0.05, 0) is 12.8 Å². The molecule has 1 atom stereocenters. The smallest absolute Gasteiger partial charge is 0.327 e. The molecule has 0 aromatic carbocycles. The van der Waals surface area contributed by atoms with Gasteiger partial charge in [-0.3, -0.25) is 4.79 Å². The predicted octanol–water partition coefficient (Wildman–Crippen LogP) is 3.60. The predicted molar refractivity (Wildman–Crippen MR) is 69.3 cm³/mol. The van der Waals surface area contributed by atoms with Crippen molar-refractivity contribution in [1.29, 1.82) is 0 Å². The minimum absolute atomic E-state index is 0. The Hall–Kier alpha value is -0.280. The van der Waals surface area contributed by atoms with Gasteiger partial charge in [0.2, 0.25) is 0 Å². The summed E-state index contributed by atoms with van der Waals surface area (Å²) in [5, 5.41) is 0. The molecule has 0 radical (unpaired) electrons. The van der Waals surface area contributed by atoms with E-state index in [0.717, 1.165) is 19.3 Å². The van der Waals surface area contributed by atoms with Crippen molar-refractivity contribution in [3.05, 3.63) is 0 Å². The molecule has 0 spiro atoms. The van der Waals surface area contributed by atoms with Crippen LogP contribution in [0, 0.1) is 5.92 Å². The van der Waals surface area contributed by atoms with E-state index in [9.17, 15) is 4.79 Å². The minimum Gasteiger partial charge on any atom is -0.373 e. The van der Waals surface area contributed by atoms with E-state index in [1.165, 1.54) is 32.1 Å². The first kappa shape index (κ1) is 18.1. The largest absolute Gasteiger partial charge is 0.373 e. The molecule has 4 heteroatoms. The van der Waals surface area contributed by atoms with Gasteiger partial charge in [-0.15, -0.1) is 12.4 Å². The third kappa shape index (κ3) is 8.98. The number of carbonyl (C=O) groups is 1. The van der Waals surface area contributed by atoms with Gasteiger partial charge in [-0.1, -0.05) is 52.4 Å². The van der Waals surface area contributed by atoms with Crippen LogP contribution in [0.25, 0.3) is 0 Å². The fraction of sp³-hybridized carbons (Fsp3) is 0.917. The Morgan fingerprint density at radius 2 is 1.69 bits per heavy atom. The van der Waals surface area contributed by atoms with Crippen molar-refractivity contribution >= 4 is 18.4 Å². The van der Waals surface area contributed by atoms with Gasteiger partial charge in [-0.25, -0.2) is 0 Å². The van der Waals surface area contributed by atoms with Gasteiger partial charge in [0.05, 0.1) is 5.92 Å². The van der Waals surface area contributed by atoms with Crippen molar-refractivity contribution < 1.29 is 9.63 Å². The fourth-order valence-corrected chi connectivity index (χ4v) is 1.76. The summed E-state index contributed by atoms with van der Waals surface area (Å²) in [6.07, 6.45) is 9.25. The van der Waals surface area contributed by atoms with Gasteiger partial charge in [0.15, 0.2) is 0 Å². The molecule has 0 aliphatic rings. The van der Waals surface area contributed by atoms with Gasteiger partial charge in [0.1, 0.15) is 0 Å². The van der Waals surface area contributed by atoms with Gasteiger partial charge < -0.3 is 4.84 Å². The lowest BCUT2D eigenvalue weighted by Crippen LogP contribution is -2.20. The summed E-state index contributed by atoms with van der Waals surface area (Å²) in [4.78, 5) is 15.4. The third-order valence-electron chi connectivity index (χ3n) is 2.85. The molecule has 0 heterocycles. The Morgan fingerprint density at radius 3 is 2.19 bits per heavy atom. The van der Waals surface area contributed by atoms with Gasteiger partial charge >= 0.3 is 5.97 Å². The van der Waals surface area contributed by atoms with E-state index in [1.54, 1.807) is 0 Å². The Morgan fingerprint density at radius 1 is 1.12 bits per heavy atom. The Labute approximate surface area is 105 Å². The lowest BCUT2D eigenvalue weighted by molar-refractivity contribution is -0.149. The Balaban J connectivity index is 0. The van der Waals surface area contributed by atoms with E-state index in [2.05, 4.69) is 11.8 Å². The maximum absolute atomic E-state index is 11.2. The van der Waals surface area contributed by atoms with Crippen molar-refractivity contribution in [2.24, 2.45) is 11.8 Å². The summed E-state index contributed by atoms with van der Waals surface area (Å²) in [7, 11) is 0. The number of halogens is 1. The molecular weight excluding hydrogens is 226 g/mol. The molecule has 16 heavy (non-hydrogen) atoms. The number of nitrogens with two attached hydrogens (primary N) is 1. The standard InChI is InChI=1S/C12H25NO2.ClH/c1-3-5-6-7-8-9-10-11(4-2)12(14)15-13;/h11H,3-10,13H2,1-2H3;1H. The van der Waals surface area contributed by atoms with Crippen molar-refractivity contribution in [1.82, 2.24) is 0 Å². The van der Waals surface area contributed by atoms with Crippen LogP contribution < -0.4 is 5.90 Å². The molecule has 98 valence electrons. The summed E-state index contributed by atoms with van der Waals surface area (Å²) in [6.45, 7) is 4.21. The molecule has 1 unspecified atom stereocenters. The number of rotatable bonds is 9. The first-order valence-corrected chi connectivity index (χ1v) is 6.16. The van der Waals surface area contributed by atoms with Crippen LogP contribution in [0.15, 0.2) is 0 Å².